The maximum Gasteiger partial charge on any atom is 0.340 e. The summed E-state index contributed by atoms with van der Waals surface area (Å²) in [5.74, 6) is -0.549. The van der Waals surface area contributed by atoms with Crippen molar-refractivity contribution in [3.05, 3.63) is 59.7 Å². The molecule has 2 rings (SSSR count). The van der Waals surface area contributed by atoms with Crippen LogP contribution < -0.4 is 5.32 Å². The van der Waals surface area contributed by atoms with E-state index in [0.717, 1.165) is 13.0 Å². The van der Waals surface area contributed by atoms with E-state index in [1.807, 2.05) is 30.1 Å². The van der Waals surface area contributed by atoms with Gasteiger partial charge in [-0.05, 0) is 42.4 Å². The summed E-state index contributed by atoms with van der Waals surface area (Å²) in [6.07, 6.45) is 0.860. The number of phenols is 1. The molecule has 2 aromatic carbocycles. The third-order valence-corrected chi connectivity index (χ3v) is 3.99. The lowest BCUT2D eigenvalue weighted by Crippen LogP contribution is -2.33. The van der Waals surface area contributed by atoms with Crippen molar-refractivity contribution >= 4 is 29.0 Å². The number of ether oxygens (including phenoxy) is 1. The Morgan fingerprint density at radius 2 is 1.96 bits per heavy atom. The average molecular weight is 344 g/mol. The molecule has 0 atom stereocenters. The quantitative estimate of drug-likeness (QED) is 0.494. The number of aromatic hydroxyl groups is 1. The molecule has 6 heteroatoms. The van der Waals surface area contributed by atoms with Crippen LogP contribution in [-0.4, -0.2) is 41.8 Å². The van der Waals surface area contributed by atoms with Crippen LogP contribution in [-0.2, 0) is 11.2 Å². The molecule has 0 aromatic heterocycles. The van der Waals surface area contributed by atoms with Gasteiger partial charge >= 0.3 is 5.97 Å². The highest BCUT2D eigenvalue weighted by molar-refractivity contribution is 7.80. The first-order chi connectivity index (χ1) is 11.5. The molecule has 0 aliphatic carbocycles. The van der Waals surface area contributed by atoms with Crippen molar-refractivity contribution in [3.8, 4) is 5.75 Å². The van der Waals surface area contributed by atoms with Crippen molar-refractivity contribution in [1.29, 1.82) is 0 Å². The minimum Gasteiger partial charge on any atom is -0.508 e. The van der Waals surface area contributed by atoms with Crippen LogP contribution in [0.2, 0.25) is 0 Å². The number of likely N-dealkylation sites (N-methyl/N-ethyl adjacent to an activating group) is 1. The summed E-state index contributed by atoms with van der Waals surface area (Å²) in [5.41, 5.74) is 1.96. The lowest BCUT2D eigenvalue weighted by Gasteiger charge is -2.22. The summed E-state index contributed by atoms with van der Waals surface area (Å²) in [7, 11) is 3.18. The highest BCUT2D eigenvalue weighted by atomic mass is 32.1. The Kier molecular flexibility index (Phi) is 6.14. The van der Waals surface area contributed by atoms with E-state index in [4.69, 9.17) is 17.0 Å². The molecule has 5 nitrogen and oxygen atoms in total. The van der Waals surface area contributed by atoms with E-state index in [9.17, 15) is 9.90 Å². The van der Waals surface area contributed by atoms with Crippen LogP contribution in [0, 0.1) is 0 Å². The van der Waals surface area contributed by atoms with Crippen LogP contribution in [0.3, 0.4) is 0 Å². The van der Waals surface area contributed by atoms with Gasteiger partial charge in [0.05, 0.1) is 18.4 Å². The van der Waals surface area contributed by atoms with Gasteiger partial charge in [-0.2, -0.15) is 0 Å². The SMILES string of the molecule is COC(=O)c1cc(O)ccc1NC(=S)N(C)CCc1ccccc1. The van der Waals surface area contributed by atoms with Crippen molar-refractivity contribution in [1.82, 2.24) is 4.90 Å². The number of carbonyl (C=O) groups excluding carboxylic acids is 1. The van der Waals surface area contributed by atoms with Crippen LogP contribution in [0.25, 0.3) is 0 Å². The Bertz CT molecular complexity index is 719. The van der Waals surface area contributed by atoms with Crippen molar-refractivity contribution in [2.45, 2.75) is 6.42 Å². The molecule has 0 radical (unpaired) electrons. The van der Waals surface area contributed by atoms with Gasteiger partial charge in [0.15, 0.2) is 5.11 Å². The van der Waals surface area contributed by atoms with Gasteiger partial charge < -0.3 is 20.1 Å². The Morgan fingerprint density at radius 3 is 2.62 bits per heavy atom. The number of benzene rings is 2. The van der Waals surface area contributed by atoms with E-state index in [1.165, 1.54) is 24.8 Å². The zero-order valence-corrected chi connectivity index (χ0v) is 14.5. The fourth-order valence-electron chi connectivity index (χ4n) is 2.17. The minimum atomic E-state index is -0.539. The van der Waals surface area contributed by atoms with Gasteiger partial charge in [0.25, 0.3) is 0 Å². The number of nitrogens with one attached hydrogen (secondary N) is 1. The molecule has 0 aliphatic heterocycles. The fraction of sp³-hybridized carbons (Fsp3) is 0.222. The van der Waals surface area contributed by atoms with Gasteiger partial charge in [-0.1, -0.05) is 30.3 Å². The summed E-state index contributed by atoms with van der Waals surface area (Å²) in [6, 6.07) is 14.6. The first-order valence-electron chi connectivity index (χ1n) is 7.48. The standard InChI is InChI=1S/C18H20N2O3S/c1-20(11-10-13-6-4-3-5-7-13)18(24)19-16-9-8-14(21)12-15(16)17(22)23-2/h3-9,12,21H,10-11H2,1-2H3,(H,19,24). The maximum atomic E-state index is 11.8. The van der Waals surface area contributed by atoms with Crippen LogP contribution in [0.1, 0.15) is 15.9 Å². The van der Waals surface area contributed by atoms with E-state index < -0.39 is 5.97 Å². The monoisotopic (exact) mass is 344 g/mol. The van der Waals surface area contributed by atoms with E-state index in [-0.39, 0.29) is 11.3 Å². The van der Waals surface area contributed by atoms with Crippen LogP contribution in [0.15, 0.2) is 48.5 Å². The highest BCUT2D eigenvalue weighted by Gasteiger charge is 2.15. The second-order valence-corrected chi connectivity index (χ2v) is 5.70. The molecule has 2 aromatic rings. The number of rotatable bonds is 5. The lowest BCUT2D eigenvalue weighted by atomic mass is 10.1. The number of hydrogen-bond acceptors (Lipinski definition) is 4. The molecule has 0 amide bonds. The number of nitrogens with zero attached hydrogens (tertiary/aromatic N) is 1. The summed E-state index contributed by atoms with van der Waals surface area (Å²) in [6.45, 7) is 0.738. The van der Waals surface area contributed by atoms with Gasteiger partial charge in [-0.3, -0.25) is 0 Å². The maximum absolute atomic E-state index is 11.8. The number of hydrogen-bond donors (Lipinski definition) is 2. The van der Waals surface area contributed by atoms with Crippen molar-refractivity contribution in [2.75, 3.05) is 26.0 Å². The molecule has 2 N–H and O–H groups in total. The number of methoxy groups -OCH3 is 1. The zero-order chi connectivity index (χ0) is 17.5. The van der Waals surface area contributed by atoms with Crippen LogP contribution in [0.5, 0.6) is 5.75 Å². The second kappa shape index (κ2) is 8.31. The molecule has 0 aliphatic rings. The largest absolute Gasteiger partial charge is 0.508 e. The molecule has 0 spiro atoms. The average Bonchev–Trinajstić information content (AvgIpc) is 2.61. The van der Waals surface area contributed by atoms with Gasteiger partial charge in [0.1, 0.15) is 5.75 Å². The van der Waals surface area contributed by atoms with E-state index >= 15 is 0 Å². The van der Waals surface area contributed by atoms with Crippen LogP contribution >= 0.6 is 12.2 Å². The topological polar surface area (TPSA) is 61.8 Å². The summed E-state index contributed by atoms with van der Waals surface area (Å²) in [4.78, 5) is 13.7. The fourth-order valence-corrected chi connectivity index (χ4v) is 2.37. The van der Waals surface area contributed by atoms with Crippen molar-refractivity contribution < 1.29 is 14.6 Å². The number of thiocarbonyl (C=S) groups is 1. The van der Waals surface area contributed by atoms with Gasteiger partial charge in [0, 0.05) is 13.6 Å². The number of carbonyl (C=O) groups is 1. The van der Waals surface area contributed by atoms with Gasteiger partial charge in [-0.15, -0.1) is 0 Å². The van der Waals surface area contributed by atoms with Crippen molar-refractivity contribution in [2.24, 2.45) is 0 Å². The van der Waals surface area contributed by atoms with Gasteiger partial charge in [-0.25, -0.2) is 4.79 Å². The molecule has 0 saturated heterocycles. The Hall–Kier alpha value is -2.60. The Balaban J connectivity index is 2.02. The molecular weight excluding hydrogens is 324 g/mol. The molecule has 126 valence electrons. The molecule has 24 heavy (non-hydrogen) atoms. The molecule has 0 unspecified atom stereocenters. The molecule has 0 heterocycles. The Labute approximate surface area is 146 Å². The van der Waals surface area contributed by atoms with Gasteiger partial charge in [0.2, 0.25) is 0 Å². The van der Waals surface area contributed by atoms with E-state index in [0.29, 0.717) is 10.8 Å². The van der Waals surface area contributed by atoms with Crippen LogP contribution in [0.4, 0.5) is 5.69 Å². The van der Waals surface area contributed by atoms with E-state index in [1.54, 1.807) is 6.07 Å². The summed E-state index contributed by atoms with van der Waals surface area (Å²) < 4.78 is 4.73. The second-order valence-electron chi connectivity index (χ2n) is 5.31. The molecule has 0 bridgehead atoms. The predicted molar refractivity (Wildman–Crippen MR) is 98.4 cm³/mol. The predicted octanol–water partition coefficient (Wildman–Crippen LogP) is 3.05. The first kappa shape index (κ1) is 17.7. The number of phenolic OH excluding ortho intramolecular Hbond substituents is 1. The minimum absolute atomic E-state index is 0.00991. The summed E-state index contributed by atoms with van der Waals surface area (Å²) in [5, 5.41) is 13.1. The third-order valence-electron chi connectivity index (χ3n) is 3.58. The molecule has 0 saturated carbocycles. The normalized spacial score (nSPS) is 10.1. The molecule has 0 fully saturated rings. The lowest BCUT2D eigenvalue weighted by molar-refractivity contribution is 0.0601. The smallest absolute Gasteiger partial charge is 0.340 e. The molecular formula is C18H20N2O3S. The summed E-state index contributed by atoms with van der Waals surface area (Å²) >= 11 is 5.39. The zero-order valence-electron chi connectivity index (χ0n) is 13.7. The first-order valence-corrected chi connectivity index (χ1v) is 7.89. The highest BCUT2D eigenvalue weighted by Crippen LogP contribution is 2.22. The number of anilines is 1. The van der Waals surface area contributed by atoms with E-state index in [2.05, 4.69) is 17.4 Å². The Morgan fingerprint density at radius 1 is 1.25 bits per heavy atom. The number of esters is 1. The van der Waals surface area contributed by atoms with Crippen molar-refractivity contribution in [3.63, 3.8) is 0 Å². The third kappa shape index (κ3) is 4.70.